The zero-order valence-corrected chi connectivity index (χ0v) is 17.6. The van der Waals surface area contributed by atoms with E-state index in [1.165, 1.54) is 11.9 Å². The summed E-state index contributed by atoms with van der Waals surface area (Å²) in [5.41, 5.74) is 2.70. The van der Waals surface area contributed by atoms with Gasteiger partial charge in [0.05, 0.1) is 11.4 Å². The molecule has 0 saturated carbocycles. The molecular formula is C23H21N5O4. The van der Waals surface area contributed by atoms with E-state index in [-0.39, 0.29) is 11.9 Å². The molecule has 2 atom stereocenters. The van der Waals surface area contributed by atoms with E-state index in [9.17, 15) is 9.59 Å². The molecule has 0 spiro atoms. The summed E-state index contributed by atoms with van der Waals surface area (Å²) in [6, 6.07) is 14.7. The predicted molar refractivity (Wildman–Crippen MR) is 117 cm³/mol. The molecule has 32 heavy (non-hydrogen) atoms. The molecule has 0 aliphatic carbocycles. The van der Waals surface area contributed by atoms with Crippen molar-refractivity contribution >= 4 is 29.3 Å². The number of guanidine groups is 1. The van der Waals surface area contributed by atoms with Crippen molar-refractivity contribution in [2.75, 3.05) is 32.2 Å². The zero-order chi connectivity index (χ0) is 22.0. The third-order valence-corrected chi connectivity index (χ3v) is 6.19. The first kappa shape index (κ1) is 18.7. The van der Waals surface area contributed by atoms with Crippen molar-refractivity contribution in [2.24, 2.45) is 4.99 Å². The predicted octanol–water partition coefficient (Wildman–Crippen LogP) is 2.17. The van der Waals surface area contributed by atoms with Crippen LogP contribution in [0.1, 0.15) is 5.56 Å². The van der Waals surface area contributed by atoms with Crippen molar-refractivity contribution in [2.45, 2.75) is 12.2 Å². The molecule has 2 aromatic rings. The van der Waals surface area contributed by atoms with Gasteiger partial charge in [-0.2, -0.15) is 0 Å². The monoisotopic (exact) mass is 431 g/mol. The Kier molecular flexibility index (Phi) is 3.95. The Morgan fingerprint density at radius 2 is 1.72 bits per heavy atom. The lowest BCUT2D eigenvalue weighted by Gasteiger charge is -2.38. The van der Waals surface area contributed by atoms with Gasteiger partial charge in [-0.1, -0.05) is 30.3 Å². The molecule has 0 N–H and O–H groups in total. The fourth-order valence-electron chi connectivity index (χ4n) is 4.56. The number of likely N-dealkylation sites (N-methyl/N-ethyl adjacent to an activating group) is 2. The van der Waals surface area contributed by atoms with E-state index in [1.54, 1.807) is 7.05 Å². The summed E-state index contributed by atoms with van der Waals surface area (Å²) in [5.74, 6) is 1.69. The Balaban J connectivity index is 1.49. The van der Waals surface area contributed by atoms with Crippen molar-refractivity contribution in [3.8, 4) is 11.5 Å². The van der Waals surface area contributed by atoms with Crippen molar-refractivity contribution in [1.82, 2.24) is 14.7 Å². The van der Waals surface area contributed by atoms with Crippen LogP contribution in [0.15, 0.2) is 59.7 Å². The largest absolute Gasteiger partial charge is 0.486 e. The molecule has 0 aromatic heterocycles. The number of hydrogen-bond donors (Lipinski definition) is 0. The second-order valence-corrected chi connectivity index (χ2v) is 8.03. The highest BCUT2D eigenvalue weighted by molar-refractivity contribution is 6.16. The normalized spacial score (nSPS) is 23.8. The number of anilines is 1. The van der Waals surface area contributed by atoms with Gasteiger partial charge in [-0.3, -0.25) is 19.5 Å². The van der Waals surface area contributed by atoms with Crippen LogP contribution in [-0.4, -0.2) is 72.1 Å². The van der Waals surface area contributed by atoms with Crippen molar-refractivity contribution < 1.29 is 19.1 Å². The number of carbonyl (C=O) groups is 2. The molecule has 9 nitrogen and oxygen atoms in total. The number of nitrogens with zero attached hydrogens (tertiary/aromatic N) is 5. The summed E-state index contributed by atoms with van der Waals surface area (Å²) < 4.78 is 11.5. The fourth-order valence-corrected chi connectivity index (χ4v) is 4.56. The molecule has 0 bridgehead atoms. The van der Waals surface area contributed by atoms with Gasteiger partial charge in [0.2, 0.25) is 5.96 Å². The van der Waals surface area contributed by atoms with Crippen molar-refractivity contribution in [3.63, 3.8) is 0 Å². The second kappa shape index (κ2) is 6.74. The smallest absolute Gasteiger partial charge is 0.328 e. The number of aliphatic imine (C=N–C) groups is 1. The summed E-state index contributed by atoms with van der Waals surface area (Å²) in [6.45, 7) is 1.01. The molecule has 4 heterocycles. The Morgan fingerprint density at radius 1 is 0.969 bits per heavy atom. The maximum Gasteiger partial charge on any atom is 0.328 e. The average Bonchev–Trinajstić information content (AvgIpc) is 3.38. The van der Waals surface area contributed by atoms with E-state index in [2.05, 4.69) is 0 Å². The minimum Gasteiger partial charge on any atom is -0.486 e. The lowest BCUT2D eigenvalue weighted by Crippen LogP contribution is -2.63. The molecule has 162 valence electrons. The van der Waals surface area contributed by atoms with Crippen LogP contribution in [0.5, 0.6) is 11.5 Å². The van der Waals surface area contributed by atoms with E-state index in [1.807, 2.05) is 64.5 Å². The number of rotatable bonds is 2. The molecule has 0 radical (unpaired) electrons. The first-order valence-electron chi connectivity index (χ1n) is 10.4. The average molecular weight is 431 g/mol. The topological polar surface area (TPSA) is 77.9 Å². The maximum absolute atomic E-state index is 13.1. The number of carbonyl (C=O) groups excluding carboxylic acids is 2. The summed E-state index contributed by atoms with van der Waals surface area (Å²) >= 11 is 0. The van der Waals surface area contributed by atoms with E-state index in [4.69, 9.17) is 14.5 Å². The van der Waals surface area contributed by atoms with Gasteiger partial charge in [0, 0.05) is 31.9 Å². The van der Waals surface area contributed by atoms with Crippen molar-refractivity contribution in [3.05, 3.63) is 60.3 Å². The first-order chi connectivity index (χ1) is 15.5. The van der Waals surface area contributed by atoms with Gasteiger partial charge in [-0.05, 0) is 12.1 Å². The number of hydrogen-bond acceptors (Lipinski definition) is 7. The van der Waals surface area contributed by atoms with E-state index < -0.39 is 12.2 Å². The third-order valence-electron chi connectivity index (χ3n) is 6.19. The molecule has 2 aromatic carbocycles. The quantitative estimate of drug-likeness (QED) is 0.725. The van der Waals surface area contributed by atoms with Gasteiger partial charge in [-0.15, -0.1) is 0 Å². The number of imide groups is 1. The minimum absolute atomic E-state index is 0.274. The Labute approximate surface area is 184 Å². The number of urea groups is 1. The van der Waals surface area contributed by atoms with E-state index >= 15 is 0 Å². The molecule has 9 heteroatoms. The van der Waals surface area contributed by atoms with Gasteiger partial charge >= 0.3 is 6.03 Å². The maximum atomic E-state index is 13.1. The molecule has 4 aliphatic rings. The van der Waals surface area contributed by atoms with Gasteiger partial charge in [-0.25, -0.2) is 9.79 Å². The van der Waals surface area contributed by atoms with Gasteiger partial charge < -0.3 is 14.4 Å². The lowest BCUT2D eigenvalue weighted by molar-refractivity contribution is -0.135. The summed E-state index contributed by atoms with van der Waals surface area (Å²) in [5, 5.41) is 0. The number of fused-ring (bicyclic) bond motifs is 4. The van der Waals surface area contributed by atoms with Crippen LogP contribution in [0, 0.1) is 0 Å². The molecule has 1 fully saturated rings. The highest BCUT2D eigenvalue weighted by atomic mass is 16.6. The lowest BCUT2D eigenvalue weighted by atomic mass is 10.1. The Bertz CT molecular complexity index is 1190. The molecule has 4 aliphatic heterocycles. The highest BCUT2D eigenvalue weighted by Gasteiger charge is 2.54. The molecular weight excluding hydrogens is 410 g/mol. The van der Waals surface area contributed by atoms with Crippen LogP contribution in [0.2, 0.25) is 0 Å². The number of amides is 3. The van der Waals surface area contributed by atoms with Gasteiger partial charge in [0.1, 0.15) is 13.2 Å². The third kappa shape index (κ3) is 2.54. The number of ether oxygens (including phenoxy) is 2. The van der Waals surface area contributed by atoms with Crippen LogP contribution in [-0.2, 0) is 4.79 Å². The van der Waals surface area contributed by atoms with E-state index in [0.717, 1.165) is 21.8 Å². The van der Waals surface area contributed by atoms with Gasteiger partial charge in [0.15, 0.2) is 23.7 Å². The van der Waals surface area contributed by atoms with E-state index in [0.29, 0.717) is 30.7 Å². The fraction of sp³-hybridized carbons (Fsp3) is 0.261. The van der Waals surface area contributed by atoms with Crippen LogP contribution >= 0.6 is 0 Å². The SMILES string of the molecule is CN1C(=O)C2C(N=C3N(c4ccc5c(c4)OCCO5)C(c4ccccc4)=CN32)N(C)C1=O. The summed E-state index contributed by atoms with van der Waals surface area (Å²) in [7, 11) is 3.18. The van der Waals surface area contributed by atoms with Crippen molar-refractivity contribution in [1.29, 1.82) is 0 Å². The standard InChI is InChI=1S/C23H21N5O4/c1-25-20-19(21(29)26(2)23(25)30)27-13-16(14-6-4-3-5-7-14)28(22(27)24-20)15-8-9-17-18(12-15)32-11-10-31-17/h3-9,12-13,19-20H,10-11H2,1-2H3. The molecule has 6 rings (SSSR count). The van der Waals surface area contributed by atoms with Crippen LogP contribution in [0.25, 0.3) is 5.70 Å². The molecule has 2 unspecified atom stereocenters. The highest BCUT2D eigenvalue weighted by Crippen LogP contribution is 2.42. The molecule has 3 amide bonds. The van der Waals surface area contributed by atoms with Crippen LogP contribution in [0.3, 0.4) is 0 Å². The second-order valence-electron chi connectivity index (χ2n) is 8.03. The summed E-state index contributed by atoms with van der Waals surface area (Å²) in [4.78, 5) is 36.9. The van der Waals surface area contributed by atoms with Crippen LogP contribution < -0.4 is 14.4 Å². The van der Waals surface area contributed by atoms with Crippen LogP contribution in [0.4, 0.5) is 10.5 Å². The summed E-state index contributed by atoms with van der Waals surface area (Å²) in [6.07, 6.45) is 1.35. The zero-order valence-electron chi connectivity index (χ0n) is 17.6. The van der Waals surface area contributed by atoms with Gasteiger partial charge in [0.25, 0.3) is 5.91 Å². The minimum atomic E-state index is -0.612. The molecule has 1 saturated heterocycles. The Morgan fingerprint density at radius 3 is 2.50 bits per heavy atom. The Hall–Kier alpha value is -4.01. The first-order valence-corrected chi connectivity index (χ1v) is 10.4. The number of benzene rings is 2.